The van der Waals surface area contributed by atoms with E-state index in [1.807, 2.05) is 0 Å². The molecule has 0 bridgehead atoms. The minimum atomic E-state index is -1.11. The Hall–Kier alpha value is -2.06. The van der Waals surface area contributed by atoms with Crippen molar-refractivity contribution in [3.8, 4) is 11.5 Å². The summed E-state index contributed by atoms with van der Waals surface area (Å²) in [6.45, 7) is 3.41. The smallest absolute Gasteiger partial charge is 0.327 e. The molecule has 1 amide bonds. The van der Waals surface area contributed by atoms with E-state index in [1.165, 1.54) is 24.3 Å². The van der Waals surface area contributed by atoms with Crippen LogP contribution in [0.4, 0.5) is 0 Å². The zero-order valence-corrected chi connectivity index (χ0v) is 14.0. The van der Waals surface area contributed by atoms with E-state index in [1.54, 1.807) is 13.8 Å². The minimum absolute atomic E-state index is 0.186. The summed E-state index contributed by atoms with van der Waals surface area (Å²) in [6, 6.07) is 3.11. The number of amides is 1. The lowest BCUT2D eigenvalue weighted by molar-refractivity contribution is -0.146. The number of aromatic hydroxyl groups is 2. The van der Waals surface area contributed by atoms with Crippen molar-refractivity contribution >= 4 is 46.3 Å². The van der Waals surface area contributed by atoms with Gasteiger partial charge < -0.3 is 15.3 Å². The first-order chi connectivity index (χ1) is 10.7. The number of carboxylic acids is 1. The highest BCUT2D eigenvalue weighted by atomic mass is 32.2. The van der Waals surface area contributed by atoms with Gasteiger partial charge in [-0.1, -0.05) is 43.9 Å². The molecule has 0 aliphatic carbocycles. The normalized spacial score (nSPS) is 18.0. The van der Waals surface area contributed by atoms with Gasteiger partial charge in [-0.15, -0.1) is 0 Å². The SMILES string of the molecule is CC(C)C(C(=O)O)N1C(=O)C(=Cc2ccc(O)c(O)c2)SC1=S. The summed E-state index contributed by atoms with van der Waals surface area (Å²) in [5, 5.41) is 28.1. The predicted molar refractivity (Wildman–Crippen MR) is 91.0 cm³/mol. The highest BCUT2D eigenvalue weighted by molar-refractivity contribution is 8.26. The number of phenols is 2. The van der Waals surface area contributed by atoms with Crippen LogP contribution >= 0.6 is 24.0 Å². The number of carboxylic acid groups (broad SMARTS) is 1. The molecular weight excluding hydrogens is 338 g/mol. The number of hydrogen-bond acceptors (Lipinski definition) is 6. The molecule has 8 heteroatoms. The quantitative estimate of drug-likeness (QED) is 0.434. The third-order valence-corrected chi connectivity index (χ3v) is 4.61. The number of rotatable bonds is 4. The van der Waals surface area contributed by atoms with Crippen molar-refractivity contribution in [1.82, 2.24) is 4.90 Å². The Kier molecular flexibility index (Phi) is 4.96. The van der Waals surface area contributed by atoms with Gasteiger partial charge in [0.2, 0.25) is 0 Å². The molecule has 0 radical (unpaired) electrons. The molecule has 3 N–H and O–H groups in total. The van der Waals surface area contributed by atoms with Gasteiger partial charge in [-0.25, -0.2) is 4.79 Å². The molecule has 1 unspecified atom stereocenters. The van der Waals surface area contributed by atoms with E-state index < -0.39 is 17.9 Å². The van der Waals surface area contributed by atoms with Crippen LogP contribution < -0.4 is 0 Å². The van der Waals surface area contributed by atoms with Crippen molar-refractivity contribution in [2.45, 2.75) is 19.9 Å². The number of carbonyl (C=O) groups excluding carboxylic acids is 1. The van der Waals surface area contributed by atoms with Crippen molar-refractivity contribution in [1.29, 1.82) is 0 Å². The van der Waals surface area contributed by atoms with E-state index in [4.69, 9.17) is 12.2 Å². The number of benzene rings is 1. The molecule has 2 rings (SSSR count). The first kappa shape index (κ1) is 17.3. The molecule has 1 aliphatic heterocycles. The van der Waals surface area contributed by atoms with E-state index in [-0.39, 0.29) is 26.6 Å². The Morgan fingerprint density at radius 3 is 2.48 bits per heavy atom. The Morgan fingerprint density at radius 2 is 1.96 bits per heavy atom. The lowest BCUT2D eigenvalue weighted by Gasteiger charge is -2.26. The molecule has 0 aromatic heterocycles. The average Bonchev–Trinajstić information content (AvgIpc) is 2.70. The number of carbonyl (C=O) groups is 2. The predicted octanol–water partition coefficient (Wildman–Crippen LogP) is 2.41. The van der Waals surface area contributed by atoms with Gasteiger partial charge in [-0.3, -0.25) is 9.69 Å². The van der Waals surface area contributed by atoms with Gasteiger partial charge in [0.1, 0.15) is 10.4 Å². The summed E-state index contributed by atoms with van der Waals surface area (Å²) in [4.78, 5) is 25.3. The second kappa shape index (κ2) is 6.59. The van der Waals surface area contributed by atoms with Crippen molar-refractivity contribution in [2.75, 3.05) is 0 Å². The molecule has 0 spiro atoms. The standard InChI is InChI=1S/C15H15NO5S2/c1-7(2)12(14(20)21)16-13(19)11(23-15(16)22)6-8-3-4-9(17)10(18)5-8/h3-7,12,17-18H,1-2H3,(H,20,21). The second-order valence-corrected chi connectivity index (χ2v) is 7.00. The third kappa shape index (κ3) is 3.48. The molecule has 1 atom stereocenters. The van der Waals surface area contributed by atoms with Crippen molar-refractivity contribution in [3.63, 3.8) is 0 Å². The van der Waals surface area contributed by atoms with Gasteiger partial charge >= 0.3 is 5.97 Å². The monoisotopic (exact) mass is 353 g/mol. The number of nitrogens with zero attached hydrogens (tertiary/aromatic N) is 1. The van der Waals surface area contributed by atoms with Gasteiger partial charge in [0.25, 0.3) is 5.91 Å². The van der Waals surface area contributed by atoms with E-state index in [9.17, 15) is 24.9 Å². The van der Waals surface area contributed by atoms with Gasteiger partial charge in [-0.05, 0) is 29.7 Å². The third-order valence-electron chi connectivity index (χ3n) is 3.28. The van der Waals surface area contributed by atoms with Crippen LogP contribution in [0.5, 0.6) is 11.5 Å². The lowest BCUT2D eigenvalue weighted by atomic mass is 10.0. The molecule has 6 nitrogen and oxygen atoms in total. The van der Waals surface area contributed by atoms with Crippen LogP contribution in [0.2, 0.25) is 0 Å². The fourth-order valence-electron chi connectivity index (χ4n) is 2.19. The maximum absolute atomic E-state index is 12.5. The fraction of sp³-hybridized carbons (Fsp3) is 0.267. The molecule has 1 aromatic carbocycles. The first-order valence-electron chi connectivity index (χ1n) is 6.74. The number of hydrogen-bond donors (Lipinski definition) is 3. The molecule has 1 aromatic rings. The summed E-state index contributed by atoms with van der Waals surface area (Å²) >= 11 is 6.16. The van der Waals surface area contributed by atoms with Crippen LogP contribution in [-0.4, -0.2) is 42.5 Å². The van der Waals surface area contributed by atoms with E-state index in [0.29, 0.717) is 5.56 Å². The summed E-state index contributed by atoms with van der Waals surface area (Å²) in [5.41, 5.74) is 0.497. The van der Waals surface area contributed by atoms with Gasteiger partial charge in [0, 0.05) is 0 Å². The molecule has 1 heterocycles. The van der Waals surface area contributed by atoms with Crippen LogP contribution in [0.25, 0.3) is 6.08 Å². The average molecular weight is 353 g/mol. The molecule has 1 fully saturated rings. The van der Waals surface area contributed by atoms with Crippen molar-refractivity contribution < 1.29 is 24.9 Å². The molecule has 23 heavy (non-hydrogen) atoms. The topological polar surface area (TPSA) is 98.1 Å². The van der Waals surface area contributed by atoms with E-state index in [2.05, 4.69) is 0 Å². The number of thiocarbonyl (C=S) groups is 1. The first-order valence-corrected chi connectivity index (χ1v) is 7.96. The highest BCUT2D eigenvalue weighted by Gasteiger charge is 2.41. The highest BCUT2D eigenvalue weighted by Crippen LogP contribution is 2.36. The number of thioether (sulfide) groups is 1. The minimum Gasteiger partial charge on any atom is -0.504 e. The van der Waals surface area contributed by atoms with E-state index >= 15 is 0 Å². The Bertz CT molecular complexity index is 714. The van der Waals surface area contributed by atoms with Crippen LogP contribution in [0, 0.1) is 5.92 Å². The Morgan fingerprint density at radius 1 is 1.30 bits per heavy atom. The zero-order chi connectivity index (χ0) is 17.3. The summed E-state index contributed by atoms with van der Waals surface area (Å²) < 4.78 is 0.186. The van der Waals surface area contributed by atoms with Crippen LogP contribution in [0.15, 0.2) is 23.1 Å². The summed E-state index contributed by atoms with van der Waals surface area (Å²) in [6.07, 6.45) is 1.50. The van der Waals surface area contributed by atoms with Crippen molar-refractivity contribution in [2.24, 2.45) is 5.92 Å². The molecular formula is C15H15NO5S2. The molecule has 0 saturated carbocycles. The van der Waals surface area contributed by atoms with Crippen LogP contribution in [0.1, 0.15) is 19.4 Å². The van der Waals surface area contributed by atoms with Gasteiger partial charge in [-0.2, -0.15) is 0 Å². The second-order valence-electron chi connectivity index (χ2n) is 5.33. The van der Waals surface area contributed by atoms with Gasteiger partial charge in [0.15, 0.2) is 11.5 Å². The van der Waals surface area contributed by atoms with Crippen molar-refractivity contribution in [3.05, 3.63) is 28.7 Å². The Labute approximate surface area is 142 Å². The van der Waals surface area contributed by atoms with Crippen LogP contribution in [0.3, 0.4) is 0 Å². The fourth-order valence-corrected chi connectivity index (χ4v) is 3.52. The summed E-state index contributed by atoms with van der Waals surface area (Å²) in [7, 11) is 0. The van der Waals surface area contributed by atoms with E-state index in [0.717, 1.165) is 16.7 Å². The number of aliphatic carboxylic acids is 1. The maximum atomic E-state index is 12.5. The Balaban J connectivity index is 2.35. The molecule has 122 valence electrons. The maximum Gasteiger partial charge on any atom is 0.327 e. The lowest BCUT2D eigenvalue weighted by Crippen LogP contribution is -2.47. The number of phenolic OH excluding ortho intramolecular Hbond substituents is 2. The van der Waals surface area contributed by atoms with Gasteiger partial charge in [0.05, 0.1) is 4.91 Å². The zero-order valence-electron chi connectivity index (χ0n) is 12.4. The summed E-state index contributed by atoms with van der Waals surface area (Å²) in [5.74, 6) is -2.46. The van der Waals surface area contributed by atoms with Crippen LogP contribution in [-0.2, 0) is 9.59 Å². The molecule has 1 saturated heterocycles. The largest absolute Gasteiger partial charge is 0.504 e. The molecule has 1 aliphatic rings.